The molecule has 1 aromatic heterocycles. The first-order chi connectivity index (χ1) is 11.1. The van der Waals surface area contributed by atoms with Gasteiger partial charge < -0.3 is 10.1 Å². The van der Waals surface area contributed by atoms with Crippen molar-refractivity contribution >= 4 is 44.9 Å². The highest BCUT2D eigenvalue weighted by Crippen LogP contribution is 2.36. The van der Waals surface area contributed by atoms with E-state index in [1.54, 1.807) is 0 Å². The number of ether oxygens (including phenoxy) is 1. The number of hydrogen-bond donors (Lipinski definition) is 1. The van der Waals surface area contributed by atoms with Crippen LogP contribution in [0.1, 0.15) is 41.8 Å². The number of benzene rings is 1. The summed E-state index contributed by atoms with van der Waals surface area (Å²) in [4.78, 5) is 25.4. The van der Waals surface area contributed by atoms with Gasteiger partial charge in [0.25, 0.3) is 5.91 Å². The Labute approximate surface area is 143 Å². The second-order valence-corrected chi connectivity index (χ2v) is 7.26. The van der Waals surface area contributed by atoms with Gasteiger partial charge in [-0.05, 0) is 18.9 Å². The van der Waals surface area contributed by atoms with Gasteiger partial charge in [0.2, 0.25) is 0 Å². The highest BCUT2D eigenvalue weighted by atomic mass is 35.5. The smallest absolute Gasteiger partial charge is 0.331 e. The van der Waals surface area contributed by atoms with Gasteiger partial charge in [-0.3, -0.25) is 4.79 Å². The maximum absolute atomic E-state index is 12.7. The van der Waals surface area contributed by atoms with E-state index in [4.69, 9.17) is 16.3 Å². The maximum Gasteiger partial charge on any atom is 0.331 e. The third-order valence-corrected chi connectivity index (χ3v) is 6.05. The molecule has 1 fully saturated rings. The molecule has 0 aliphatic heterocycles. The molecule has 1 heterocycles. The monoisotopic (exact) mass is 351 g/mol. The van der Waals surface area contributed by atoms with Crippen molar-refractivity contribution in [1.29, 1.82) is 0 Å². The molecule has 0 unspecified atom stereocenters. The second-order valence-electron chi connectivity index (χ2n) is 5.83. The normalized spacial score (nSPS) is 17.0. The lowest BCUT2D eigenvalue weighted by Gasteiger charge is -2.35. The summed E-state index contributed by atoms with van der Waals surface area (Å²) in [5.41, 5.74) is -0.927. The van der Waals surface area contributed by atoms with Gasteiger partial charge in [0.15, 0.2) is 0 Å². The number of methoxy groups -OCH3 is 1. The molecule has 0 bridgehead atoms. The number of rotatable bonds is 3. The van der Waals surface area contributed by atoms with Gasteiger partial charge in [0.1, 0.15) is 10.4 Å². The van der Waals surface area contributed by atoms with Crippen LogP contribution in [0, 0.1) is 0 Å². The zero-order valence-corrected chi connectivity index (χ0v) is 14.4. The Morgan fingerprint density at radius 1 is 1.22 bits per heavy atom. The van der Waals surface area contributed by atoms with Crippen LogP contribution >= 0.6 is 22.9 Å². The number of fused-ring (bicyclic) bond motifs is 1. The van der Waals surface area contributed by atoms with Crippen LogP contribution in [0.5, 0.6) is 0 Å². The molecular formula is C17H18ClNO3S. The SMILES string of the molecule is COC(=O)C1(NC(=O)c2sc3ccccc3c2Cl)CCCCC1. The third-order valence-electron chi connectivity index (χ3n) is 4.38. The summed E-state index contributed by atoms with van der Waals surface area (Å²) in [6.07, 6.45) is 4.07. The fraction of sp³-hybridized carbons (Fsp3) is 0.412. The Bertz CT molecular complexity index is 749. The Kier molecular flexibility index (Phi) is 4.60. The number of amides is 1. The van der Waals surface area contributed by atoms with Gasteiger partial charge in [-0.2, -0.15) is 0 Å². The fourth-order valence-electron chi connectivity index (χ4n) is 3.17. The van der Waals surface area contributed by atoms with E-state index < -0.39 is 5.54 Å². The van der Waals surface area contributed by atoms with E-state index in [9.17, 15) is 9.59 Å². The van der Waals surface area contributed by atoms with Crippen LogP contribution in [-0.2, 0) is 9.53 Å². The standard InChI is InChI=1S/C17H18ClNO3S/c1-22-16(21)17(9-5-2-6-10-17)19-15(20)14-13(18)11-7-3-4-8-12(11)23-14/h3-4,7-8H,2,5-6,9-10H2,1H3,(H,19,20). The average Bonchev–Trinajstić information content (AvgIpc) is 2.92. The highest BCUT2D eigenvalue weighted by molar-refractivity contribution is 7.21. The van der Waals surface area contributed by atoms with E-state index >= 15 is 0 Å². The molecule has 122 valence electrons. The Morgan fingerprint density at radius 3 is 2.57 bits per heavy atom. The van der Waals surface area contributed by atoms with E-state index in [1.807, 2.05) is 24.3 Å². The van der Waals surface area contributed by atoms with Gasteiger partial charge in [0.05, 0.1) is 12.1 Å². The van der Waals surface area contributed by atoms with Crippen molar-refractivity contribution in [2.24, 2.45) is 0 Å². The molecular weight excluding hydrogens is 334 g/mol. The fourth-order valence-corrected chi connectivity index (χ4v) is 4.58. The maximum atomic E-state index is 12.7. The summed E-state index contributed by atoms with van der Waals surface area (Å²) in [5.74, 6) is -0.675. The van der Waals surface area contributed by atoms with E-state index in [0.717, 1.165) is 29.3 Å². The van der Waals surface area contributed by atoms with Crippen molar-refractivity contribution in [1.82, 2.24) is 5.32 Å². The molecule has 1 aromatic carbocycles. The quantitative estimate of drug-likeness (QED) is 0.845. The molecule has 2 aromatic rings. The molecule has 0 atom stereocenters. The molecule has 6 heteroatoms. The number of nitrogens with one attached hydrogen (secondary N) is 1. The number of carbonyl (C=O) groups is 2. The van der Waals surface area contributed by atoms with Crippen molar-refractivity contribution in [2.75, 3.05) is 7.11 Å². The minimum absolute atomic E-state index is 0.302. The molecule has 0 spiro atoms. The Hall–Kier alpha value is -1.59. The van der Waals surface area contributed by atoms with Gasteiger partial charge in [-0.25, -0.2) is 4.79 Å². The van der Waals surface area contributed by atoms with Gasteiger partial charge in [-0.1, -0.05) is 49.1 Å². The summed E-state index contributed by atoms with van der Waals surface area (Å²) in [7, 11) is 1.36. The van der Waals surface area contributed by atoms with Crippen LogP contribution < -0.4 is 5.32 Å². The molecule has 23 heavy (non-hydrogen) atoms. The van der Waals surface area contributed by atoms with Gasteiger partial charge in [-0.15, -0.1) is 11.3 Å². The van der Waals surface area contributed by atoms with Crippen molar-refractivity contribution in [3.63, 3.8) is 0 Å². The molecule has 1 N–H and O–H groups in total. The molecule has 3 rings (SSSR count). The Balaban J connectivity index is 1.92. The molecule has 1 aliphatic carbocycles. The van der Waals surface area contributed by atoms with E-state index in [0.29, 0.717) is 22.7 Å². The molecule has 4 nitrogen and oxygen atoms in total. The predicted octanol–water partition coefficient (Wildman–Crippen LogP) is 4.16. The van der Waals surface area contributed by atoms with E-state index in [2.05, 4.69) is 5.32 Å². The second kappa shape index (κ2) is 6.49. The van der Waals surface area contributed by atoms with Crippen molar-refractivity contribution in [3.05, 3.63) is 34.2 Å². The van der Waals surface area contributed by atoms with Crippen molar-refractivity contribution < 1.29 is 14.3 Å². The molecule has 0 saturated heterocycles. The van der Waals surface area contributed by atoms with E-state index in [1.165, 1.54) is 18.4 Å². The first kappa shape index (κ1) is 16.3. The van der Waals surface area contributed by atoms with Crippen LogP contribution in [0.4, 0.5) is 0 Å². The Morgan fingerprint density at radius 2 is 1.91 bits per heavy atom. The molecule has 0 radical (unpaired) electrons. The summed E-state index contributed by atoms with van der Waals surface area (Å²) >= 11 is 7.70. The van der Waals surface area contributed by atoms with Crippen LogP contribution in [0.25, 0.3) is 10.1 Å². The van der Waals surface area contributed by atoms with Crippen LogP contribution in [0.2, 0.25) is 5.02 Å². The summed E-state index contributed by atoms with van der Waals surface area (Å²) in [5, 5.41) is 4.22. The minimum Gasteiger partial charge on any atom is -0.467 e. The zero-order valence-electron chi connectivity index (χ0n) is 12.9. The summed E-state index contributed by atoms with van der Waals surface area (Å²) in [6.45, 7) is 0. The lowest BCUT2D eigenvalue weighted by Crippen LogP contribution is -2.56. The molecule has 1 aliphatic rings. The van der Waals surface area contributed by atoms with Gasteiger partial charge in [0, 0.05) is 10.1 Å². The van der Waals surface area contributed by atoms with Crippen molar-refractivity contribution in [2.45, 2.75) is 37.6 Å². The molecule has 1 amide bonds. The molecule has 1 saturated carbocycles. The lowest BCUT2D eigenvalue weighted by molar-refractivity contribution is -0.149. The number of hydrogen-bond acceptors (Lipinski definition) is 4. The minimum atomic E-state index is -0.927. The van der Waals surface area contributed by atoms with E-state index in [-0.39, 0.29) is 11.9 Å². The van der Waals surface area contributed by atoms with Crippen LogP contribution in [0.3, 0.4) is 0 Å². The van der Waals surface area contributed by atoms with Crippen LogP contribution in [0.15, 0.2) is 24.3 Å². The van der Waals surface area contributed by atoms with Crippen LogP contribution in [-0.4, -0.2) is 24.5 Å². The highest BCUT2D eigenvalue weighted by Gasteiger charge is 2.42. The number of esters is 1. The van der Waals surface area contributed by atoms with Crippen molar-refractivity contribution in [3.8, 4) is 0 Å². The summed E-state index contributed by atoms with van der Waals surface area (Å²) < 4.78 is 5.89. The first-order valence-electron chi connectivity index (χ1n) is 7.65. The first-order valence-corrected chi connectivity index (χ1v) is 8.85. The average molecular weight is 352 g/mol. The number of halogens is 1. The predicted molar refractivity (Wildman–Crippen MR) is 92.1 cm³/mol. The zero-order chi connectivity index (χ0) is 16.4. The van der Waals surface area contributed by atoms with Gasteiger partial charge >= 0.3 is 5.97 Å². The topological polar surface area (TPSA) is 55.4 Å². The lowest BCUT2D eigenvalue weighted by atomic mass is 9.81. The summed E-state index contributed by atoms with van der Waals surface area (Å²) in [6, 6.07) is 7.62. The third kappa shape index (κ3) is 2.95. The number of thiophene rings is 1. The largest absolute Gasteiger partial charge is 0.467 e. The number of carbonyl (C=O) groups excluding carboxylic acids is 2.